The van der Waals surface area contributed by atoms with Gasteiger partial charge < -0.3 is 16.2 Å². The fourth-order valence-electron chi connectivity index (χ4n) is 0.873. The van der Waals surface area contributed by atoms with Crippen molar-refractivity contribution in [2.24, 2.45) is 0 Å². The summed E-state index contributed by atoms with van der Waals surface area (Å²) in [6.07, 6.45) is 0. The SMILES string of the molecule is COc1cc(N)c(N)c(SC#N)c1. The molecule has 0 heterocycles. The second-order valence-corrected chi connectivity index (χ2v) is 3.15. The van der Waals surface area contributed by atoms with Crippen molar-refractivity contribution in [3.63, 3.8) is 0 Å². The van der Waals surface area contributed by atoms with Crippen LogP contribution in [0.3, 0.4) is 0 Å². The summed E-state index contributed by atoms with van der Waals surface area (Å²) < 4.78 is 4.98. The van der Waals surface area contributed by atoms with Crippen LogP contribution in [-0.4, -0.2) is 7.11 Å². The number of ether oxygens (including phenoxy) is 1. The summed E-state index contributed by atoms with van der Waals surface area (Å²) in [5, 5.41) is 10.4. The molecule has 0 aromatic heterocycles. The molecular formula is C8H9N3OS. The molecule has 0 bridgehead atoms. The Morgan fingerprint density at radius 3 is 2.69 bits per heavy atom. The van der Waals surface area contributed by atoms with E-state index in [1.165, 1.54) is 7.11 Å². The van der Waals surface area contributed by atoms with Gasteiger partial charge in [0.05, 0.1) is 23.4 Å². The highest BCUT2D eigenvalue weighted by Crippen LogP contribution is 2.33. The molecule has 0 aliphatic rings. The number of thioether (sulfide) groups is 1. The first-order valence-electron chi connectivity index (χ1n) is 3.48. The van der Waals surface area contributed by atoms with E-state index in [4.69, 9.17) is 21.5 Å². The van der Waals surface area contributed by atoms with Crippen LogP contribution in [0.25, 0.3) is 0 Å². The van der Waals surface area contributed by atoms with Crippen molar-refractivity contribution in [2.75, 3.05) is 18.6 Å². The molecule has 0 fully saturated rings. The largest absolute Gasteiger partial charge is 0.497 e. The third-order valence-electron chi connectivity index (χ3n) is 1.54. The van der Waals surface area contributed by atoms with Crippen LogP contribution in [0.5, 0.6) is 5.75 Å². The van der Waals surface area contributed by atoms with Gasteiger partial charge in [0.1, 0.15) is 11.2 Å². The Bertz CT molecular complexity index is 359. The zero-order valence-corrected chi connectivity index (χ0v) is 7.89. The summed E-state index contributed by atoms with van der Waals surface area (Å²) in [6.45, 7) is 0. The standard InChI is InChI=1S/C8H9N3OS/c1-12-5-2-6(10)8(11)7(3-5)13-4-9/h2-3H,10-11H2,1H3. The van der Waals surface area contributed by atoms with Crippen molar-refractivity contribution in [1.82, 2.24) is 0 Å². The van der Waals surface area contributed by atoms with Crippen LogP contribution in [-0.2, 0) is 0 Å². The Labute approximate surface area is 80.5 Å². The van der Waals surface area contributed by atoms with Gasteiger partial charge in [-0.25, -0.2) is 0 Å². The van der Waals surface area contributed by atoms with E-state index in [1.54, 1.807) is 12.1 Å². The zero-order chi connectivity index (χ0) is 9.84. The molecule has 0 spiro atoms. The van der Waals surface area contributed by atoms with Gasteiger partial charge in [-0.3, -0.25) is 0 Å². The zero-order valence-electron chi connectivity index (χ0n) is 7.07. The molecule has 0 aliphatic carbocycles. The number of hydrogen-bond donors (Lipinski definition) is 2. The molecule has 0 saturated heterocycles. The highest BCUT2D eigenvalue weighted by molar-refractivity contribution is 8.03. The molecule has 68 valence electrons. The Morgan fingerprint density at radius 2 is 2.15 bits per heavy atom. The monoisotopic (exact) mass is 195 g/mol. The number of nitrogen functional groups attached to an aromatic ring is 2. The smallest absolute Gasteiger partial charge is 0.138 e. The van der Waals surface area contributed by atoms with Gasteiger partial charge in [0.15, 0.2) is 0 Å². The minimum atomic E-state index is 0.423. The Balaban J connectivity index is 3.18. The molecule has 0 atom stereocenters. The fourth-order valence-corrected chi connectivity index (χ4v) is 1.37. The Kier molecular flexibility index (Phi) is 2.88. The van der Waals surface area contributed by atoms with Crippen LogP contribution in [0.1, 0.15) is 0 Å². The van der Waals surface area contributed by atoms with E-state index in [2.05, 4.69) is 0 Å². The number of nitriles is 1. The van der Waals surface area contributed by atoms with E-state index >= 15 is 0 Å². The van der Waals surface area contributed by atoms with Crippen molar-refractivity contribution >= 4 is 23.1 Å². The third-order valence-corrected chi connectivity index (χ3v) is 2.19. The molecule has 5 heteroatoms. The molecule has 1 rings (SSSR count). The molecule has 1 aromatic carbocycles. The van der Waals surface area contributed by atoms with E-state index in [9.17, 15) is 0 Å². The lowest BCUT2D eigenvalue weighted by Crippen LogP contribution is -1.97. The van der Waals surface area contributed by atoms with E-state index in [0.717, 1.165) is 11.8 Å². The maximum absolute atomic E-state index is 8.47. The number of anilines is 2. The summed E-state index contributed by atoms with van der Waals surface area (Å²) in [4.78, 5) is 0.624. The minimum Gasteiger partial charge on any atom is -0.497 e. The minimum absolute atomic E-state index is 0.423. The molecule has 0 unspecified atom stereocenters. The molecule has 1 aromatic rings. The second kappa shape index (κ2) is 3.92. The maximum Gasteiger partial charge on any atom is 0.138 e. The lowest BCUT2D eigenvalue weighted by atomic mass is 10.2. The predicted molar refractivity (Wildman–Crippen MR) is 53.3 cm³/mol. The molecule has 4 N–H and O–H groups in total. The van der Waals surface area contributed by atoms with Gasteiger partial charge >= 0.3 is 0 Å². The average Bonchev–Trinajstić information content (AvgIpc) is 2.13. The molecule has 0 radical (unpaired) electrons. The van der Waals surface area contributed by atoms with Gasteiger partial charge in [-0.1, -0.05) is 0 Å². The third kappa shape index (κ3) is 1.98. The number of hydrogen-bond acceptors (Lipinski definition) is 5. The summed E-state index contributed by atoms with van der Waals surface area (Å²) in [5.41, 5.74) is 12.1. The summed E-state index contributed by atoms with van der Waals surface area (Å²) in [6, 6.07) is 3.30. The lowest BCUT2D eigenvalue weighted by Gasteiger charge is -2.07. The van der Waals surface area contributed by atoms with E-state index in [0.29, 0.717) is 22.0 Å². The van der Waals surface area contributed by atoms with Crippen molar-refractivity contribution in [2.45, 2.75) is 4.90 Å². The molecule has 4 nitrogen and oxygen atoms in total. The first-order valence-corrected chi connectivity index (χ1v) is 4.29. The normalized spacial score (nSPS) is 9.23. The van der Waals surface area contributed by atoms with Crippen LogP contribution in [0, 0.1) is 10.7 Å². The Hall–Kier alpha value is -1.54. The number of rotatable bonds is 2. The first-order chi connectivity index (χ1) is 6.19. The van der Waals surface area contributed by atoms with Gasteiger partial charge in [-0.15, -0.1) is 0 Å². The second-order valence-electron chi connectivity index (χ2n) is 2.32. The molecule has 0 saturated carbocycles. The quantitative estimate of drug-likeness (QED) is 0.423. The van der Waals surface area contributed by atoms with Crippen molar-refractivity contribution in [3.05, 3.63) is 12.1 Å². The number of thiocyanates is 1. The van der Waals surface area contributed by atoms with Crippen LogP contribution in [0.2, 0.25) is 0 Å². The highest BCUT2D eigenvalue weighted by atomic mass is 32.2. The first kappa shape index (κ1) is 9.55. The van der Waals surface area contributed by atoms with Gasteiger partial charge in [0.2, 0.25) is 0 Å². The van der Waals surface area contributed by atoms with Crippen molar-refractivity contribution in [3.8, 4) is 11.2 Å². The van der Waals surface area contributed by atoms with E-state index in [1.807, 2.05) is 5.40 Å². The topological polar surface area (TPSA) is 85.1 Å². The number of nitrogens with two attached hydrogens (primary N) is 2. The van der Waals surface area contributed by atoms with E-state index in [-0.39, 0.29) is 0 Å². The van der Waals surface area contributed by atoms with Gasteiger partial charge in [-0.05, 0) is 17.8 Å². The summed E-state index contributed by atoms with van der Waals surface area (Å²) in [7, 11) is 1.53. The molecule has 0 amide bonds. The Morgan fingerprint density at radius 1 is 1.46 bits per heavy atom. The van der Waals surface area contributed by atoms with Crippen molar-refractivity contribution in [1.29, 1.82) is 5.26 Å². The van der Waals surface area contributed by atoms with Crippen LogP contribution in [0.15, 0.2) is 17.0 Å². The highest BCUT2D eigenvalue weighted by Gasteiger charge is 2.06. The van der Waals surface area contributed by atoms with Crippen LogP contribution >= 0.6 is 11.8 Å². The summed E-state index contributed by atoms with van der Waals surface area (Å²) >= 11 is 0.966. The van der Waals surface area contributed by atoms with E-state index < -0.39 is 0 Å². The lowest BCUT2D eigenvalue weighted by molar-refractivity contribution is 0.414. The van der Waals surface area contributed by atoms with Gasteiger partial charge in [-0.2, -0.15) is 5.26 Å². The van der Waals surface area contributed by atoms with Gasteiger partial charge in [0.25, 0.3) is 0 Å². The number of nitrogens with zero attached hydrogens (tertiary/aromatic N) is 1. The van der Waals surface area contributed by atoms with Gasteiger partial charge in [0, 0.05) is 6.07 Å². The maximum atomic E-state index is 8.47. The summed E-state index contributed by atoms with van der Waals surface area (Å²) in [5.74, 6) is 0.601. The fraction of sp³-hybridized carbons (Fsp3) is 0.125. The van der Waals surface area contributed by atoms with Crippen LogP contribution in [0.4, 0.5) is 11.4 Å². The average molecular weight is 195 g/mol. The molecular weight excluding hydrogens is 186 g/mol. The molecule has 13 heavy (non-hydrogen) atoms. The number of methoxy groups -OCH3 is 1. The predicted octanol–water partition coefficient (Wildman–Crippen LogP) is 1.43. The van der Waals surface area contributed by atoms with Crippen molar-refractivity contribution < 1.29 is 4.74 Å². The van der Waals surface area contributed by atoms with Crippen LogP contribution < -0.4 is 16.2 Å². The molecule has 0 aliphatic heterocycles. The number of benzene rings is 1.